The summed E-state index contributed by atoms with van der Waals surface area (Å²) < 4.78 is 15.0. The van der Waals surface area contributed by atoms with Crippen molar-refractivity contribution in [3.05, 3.63) is 47.5 Å². The Morgan fingerprint density at radius 1 is 1.41 bits per heavy atom. The molecule has 2 aromatic rings. The van der Waals surface area contributed by atoms with Gasteiger partial charge in [0, 0.05) is 38.2 Å². The van der Waals surface area contributed by atoms with E-state index in [2.05, 4.69) is 10.3 Å². The molecule has 0 N–H and O–H groups in total. The second-order valence-electron chi connectivity index (χ2n) is 5.87. The quantitative estimate of drug-likeness (QED) is 0.846. The maximum Gasteiger partial charge on any atom is 0.222 e. The van der Waals surface area contributed by atoms with Crippen molar-refractivity contribution in [2.75, 3.05) is 13.1 Å². The minimum Gasteiger partial charge on any atom is -0.342 e. The van der Waals surface area contributed by atoms with Gasteiger partial charge in [-0.25, -0.2) is 4.39 Å². The van der Waals surface area contributed by atoms with Crippen LogP contribution in [0.4, 0.5) is 4.39 Å². The molecular weight excluding hydrogens is 283 g/mol. The van der Waals surface area contributed by atoms with Gasteiger partial charge in [-0.15, -0.1) is 5.10 Å². The number of benzene rings is 1. The highest BCUT2D eigenvalue weighted by Gasteiger charge is 2.30. The Kier molecular flexibility index (Phi) is 4.18. The van der Waals surface area contributed by atoms with E-state index in [1.165, 1.54) is 6.07 Å². The topological polar surface area (TPSA) is 51.0 Å². The number of hydrogen-bond donors (Lipinski definition) is 0. The van der Waals surface area contributed by atoms with Crippen LogP contribution in [0.15, 0.2) is 30.6 Å². The molecule has 22 heavy (non-hydrogen) atoms. The van der Waals surface area contributed by atoms with E-state index < -0.39 is 0 Å². The molecule has 1 saturated heterocycles. The number of nitrogens with zero attached hydrogens (tertiary/aromatic N) is 4. The third kappa shape index (κ3) is 3.32. The summed E-state index contributed by atoms with van der Waals surface area (Å²) in [6.07, 6.45) is 4.62. The fourth-order valence-corrected chi connectivity index (χ4v) is 2.76. The van der Waals surface area contributed by atoms with E-state index in [-0.39, 0.29) is 11.7 Å². The summed E-state index contributed by atoms with van der Waals surface area (Å²) in [4.78, 5) is 14.0. The Bertz CT molecular complexity index is 650. The third-order valence-electron chi connectivity index (χ3n) is 4.08. The number of aryl methyl sites for hydroxylation is 2. The molecule has 6 heteroatoms. The van der Waals surface area contributed by atoms with Crippen molar-refractivity contribution in [1.82, 2.24) is 19.9 Å². The highest BCUT2D eigenvalue weighted by molar-refractivity contribution is 5.77. The van der Waals surface area contributed by atoms with Crippen molar-refractivity contribution in [3.8, 4) is 0 Å². The number of likely N-dealkylation sites (tertiary alicyclic amines) is 1. The summed E-state index contributed by atoms with van der Waals surface area (Å²) >= 11 is 0. The zero-order valence-corrected chi connectivity index (χ0v) is 12.6. The molecular formula is C16H19FN4O. The van der Waals surface area contributed by atoms with Crippen LogP contribution in [-0.4, -0.2) is 38.9 Å². The number of carbonyl (C=O) groups excluding carboxylic acids is 1. The summed E-state index contributed by atoms with van der Waals surface area (Å²) in [6.45, 7) is 4.11. The smallest absolute Gasteiger partial charge is 0.222 e. The maximum absolute atomic E-state index is 13.2. The van der Waals surface area contributed by atoms with Gasteiger partial charge in [-0.2, -0.15) is 0 Å². The minimum absolute atomic E-state index is 0.164. The Morgan fingerprint density at radius 2 is 2.23 bits per heavy atom. The lowest BCUT2D eigenvalue weighted by Gasteiger charge is -2.39. The van der Waals surface area contributed by atoms with E-state index in [1.54, 1.807) is 23.9 Å². The van der Waals surface area contributed by atoms with Crippen molar-refractivity contribution in [3.63, 3.8) is 0 Å². The molecule has 0 spiro atoms. The zero-order chi connectivity index (χ0) is 15.5. The van der Waals surface area contributed by atoms with Crippen molar-refractivity contribution in [2.24, 2.45) is 5.92 Å². The molecule has 1 aliphatic rings. The van der Waals surface area contributed by atoms with Crippen LogP contribution < -0.4 is 0 Å². The van der Waals surface area contributed by atoms with E-state index in [0.717, 1.165) is 25.2 Å². The van der Waals surface area contributed by atoms with Gasteiger partial charge < -0.3 is 4.90 Å². The van der Waals surface area contributed by atoms with Crippen LogP contribution in [-0.2, 0) is 17.8 Å². The standard InChI is InChI=1S/C16H19FN4O/c1-12-8-13(2-4-15(12)17)3-5-16(22)20-9-14(10-20)11-21-7-6-18-19-21/h2,4,6-8,14H,3,5,9-11H2,1H3. The van der Waals surface area contributed by atoms with Crippen LogP contribution in [0.2, 0.25) is 0 Å². The highest BCUT2D eigenvalue weighted by atomic mass is 19.1. The Morgan fingerprint density at radius 3 is 2.91 bits per heavy atom. The number of amides is 1. The molecule has 116 valence electrons. The molecule has 0 aliphatic carbocycles. The summed E-state index contributed by atoms with van der Waals surface area (Å²) in [5, 5.41) is 7.70. The first-order chi connectivity index (χ1) is 10.6. The fourth-order valence-electron chi connectivity index (χ4n) is 2.76. The van der Waals surface area contributed by atoms with Gasteiger partial charge in [0.1, 0.15) is 5.82 Å². The highest BCUT2D eigenvalue weighted by Crippen LogP contribution is 2.19. The summed E-state index contributed by atoms with van der Waals surface area (Å²) in [6, 6.07) is 5.03. The average Bonchev–Trinajstić information content (AvgIpc) is 2.96. The number of aromatic nitrogens is 3. The number of rotatable bonds is 5. The van der Waals surface area contributed by atoms with E-state index >= 15 is 0 Å². The monoisotopic (exact) mass is 302 g/mol. The molecule has 3 rings (SSSR count). The van der Waals surface area contributed by atoms with Gasteiger partial charge >= 0.3 is 0 Å². The van der Waals surface area contributed by atoms with Crippen molar-refractivity contribution < 1.29 is 9.18 Å². The predicted molar refractivity (Wildman–Crippen MR) is 79.6 cm³/mol. The van der Waals surface area contributed by atoms with Gasteiger partial charge in [0.15, 0.2) is 0 Å². The lowest BCUT2D eigenvalue weighted by molar-refractivity contribution is -0.137. The van der Waals surface area contributed by atoms with Crippen LogP contribution >= 0.6 is 0 Å². The molecule has 0 saturated carbocycles. The normalized spacial score (nSPS) is 14.9. The largest absolute Gasteiger partial charge is 0.342 e. The van der Waals surface area contributed by atoms with Gasteiger partial charge in [0.25, 0.3) is 0 Å². The minimum atomic E-state index is -0.200. The number of carbonyl (C=O) groups is 1. The number of halogens is 1. The molecule has 1 amide bonds. The second-order valence-corrected chi connectivity index (χ2v) is 5.87. The van der Waals surface area contributed by atoms with Crippen LogP contribution in [0.1, 0.15) is 17.5 Å². The predicted octanol–water partition coefficient (Wildman–Crippen LogP) is 1.82. The molecule has 0 bridgehead atoms. The Labute approximate surface area is 128 Å². The van der Waals surface area contributed by atoms with Gasteiger partial charge in [0.05, 0.1) is 6.20 Å². The molecule has 5 nitrogen and oxygen atoms in total. The fraction of sp³-hybridized carbons (Fsp3) is 0.438. The molecule has 1 aliphatic heterocycles. The molecule has 0 atom stereocenters. The molecule has 1 fully saturated rings. The van der Waals surface area contributed by atoms with Gasteiger partial charge in [-0.3, -0.25) is 9.48 Å². The lowest BCUT2D eigenvalue weighted by Crippen LogP contribution is -2.51. The van der Waals surface area contributed by atoms with Crippen LogP contribution in [0, 0.1) is 18.7 Å². The number of hydrogen-bond acceptors (Lipinski definition) is 3. The van der Waals surface area contributed by atoms with Crippen LogP contribution in [0.3, 0.4) is 0 Å². The van der Waals surface area contributed by atoms with Crippen LogP contribution in [0.5, 0.6) is 0 Å². The van der Waals surface area contributed by atoms with Gasteiger partial charge in [0.2, 0.25) is 5.91 Å². The zero-order valence-electron chi connectivity index (χ0n) is 12.6. The molecule has 0 radical (unpaired) electrons. The van der Waals surface area contributed by atoms with E-state index in [1.807, 2.05) is 17.2 Å². The van der Waals surface area contributed by atoms with Gasteiger partial charge in [-0.05, 0) is 30.5 Å². The SMILES string of the molecule is Cc1cc(CCC(=O)N2CC(Cn3ccnn3)C2)ccc1F. The first-order valence-corrected chi connectivity index (χ1v) is 7.49. The maximum atomic E-state index is 13.2. The third-order valence-corrected chi connectivity index (χ3v) is 4.08. The summed E-state index contributed by atoms with van der Waals surface area (Å²) in [7, 11) is 0. The van der Waals surface area contributed by atoms with Crippen molar-refractivity contribution >= 4 is 5.91 Å². The van der Waals surface area contributed by atoms with Gasteiger partial charge in [-0.1, -0.05) is 17.3 Å². The molecule has 0 unspecified atom stereocenters. The first kappa shape index (κ1) is 14.7. The Hall–Kier alpha value is -2.24. The van der Waals surface area contributed by atoms with E-state index in [0.29, 0.717) is 24.3 Å². The first-order valence-electron chi connectivity index (χ1n) is 7.49. The van der Waals surface area contributed by atoms with E-state index in [4.69, 9.17) is 0 Å². The molecule has 2 heterocycles. The average molecular weight is 302 g/mol. The van der Waals surface area contributed by atoms with Crippen molar-refractivity contribution in [2.45, 2.75) is 26.3 Å². The second kappa shape index (κ2) is 6.25. The molecule has 1 aromatic heterocycles. The summed E-state index contributed by atoms with van der Waals surface area (Å²) in [5.74, 6) is 0.421. The molecule has 1 aromatic carbocycles. The lowest BCUT2D eigenvalue weighted by atomic mass is 9.98. The van der Waals surface area contributed by atoms with Crippen LogP contribution in [0.25, 0.3) is 0 Å². The Balaban J connectivity index is 1.43. The summed E-state index contributed by atoms with van der Waals surface area (Å²) in [5.41, 5.74) is 1.63. The van der Waals surface area contributed by atoms with E-state index in [9.17, 15) is 9.18 Å². The van der Waals surface area contributed by atoms with Crippen molar-refractivity contribution in [1.29, 1.82) is 0 Å².